The molecule has 9 nitrogen and oxygen atoms in total. The van der Waals surface area contributed by atoms with Gasteiger partial charge >= 0.3 is 0 Å². The second-order valence-electron chi connectivity index (χ2n) is 7.71. The topological polar surface area (TPSA) is 112 Å². The van der Waals surface area contributed by atoms with Crippen molar-refractivity contribution in [1.82, 2.24) is 35.2 Å². The lowest BCUT2D eigenvalue weighted by Gasteiger charge is -2.18. The number of amides is 1. The van der Waals surface area contributed by atoms with Crippen LogP contribution in [0.15, 0.2) is 47.5 Å². The molecule has 0 aliphatic carbocycles. The minimum Gasteiger partial charge on any atom is -0.340 e. The van der Waals surface area contributed by atoms with Gasteiger partial charge < -0.3 is 9.84 Å². The molecule has 1 unspecified atom stereocenters. The highest BCUT2D eigenvalue weighted by Gasteiger charge is 2.26. The summed E-state index contributed by atoms with van der Waals surface area (Å²) in [5.74, 6) is 0.555. The van der Waals surface area contributed by atoms with E-state index in [2.05, 4.69) is 30.5 Å². The molecule has 0 aromatic carbocycles. The van der Waals surface area contributed by atoms with E-state index < -0.39 is 6.04 Å². The zero-order chi connectivity index (χ0) is 21.3. The average molecular weight is 405 g/mol. The van der Waals surface area contributed by atoms with Crippen molar-refractivity contribution in [3.05, 3.63) is 54.4 Å². The number of rotatable bonds is 6. The van der Waals surface area contributed by atoms with E-state index in [4.69, 9.17) is 4.52 Å². The molecule has 1 amide bonds. The number of nitrogens with zero attached hydrogens (tertiary/aromatic N) is 6. The van der Waals surface area contributed by atoms with E-state index in [1.807, 2.05) is 38.4 Å². The third kappa shape index (κ3) is 3.78. The van der Waals surface area contributed by atoms with Crippen molar-refractivity contribution in [3.8, 4) is 11.4 Å². The molecule has 1 atom stereocenters. The van der Waals surface area contributed by atoms with Gasteiger partial charge in [-0.3, -0.25) is 9.78 Å². The molecule has 0 bridgehead atoms. The zero-order valence-electron chi connectivity index (χ0n) is 17.3. The van der Waals surface area contributed by atoms with Crippen LogP contribution in [0, 0.1) is 5.92 Å². The van der Waals surface area contributed by atoms with E-state index in [1.165, 1.54) is 0 Å². The summed E-state index contributed by atoms with van der Waals surface area (Å²) in [7, 11) is 0. The lowest BCUT2D eigenvalue weighted by atomic mass is 10.0. The molecule has 4 rings (SSSR count). The van der Waals surface area contributed by atoms with Gasteiger partial charge in [0.05, 0.1) is 11.8 Å². The first-order valence-electron chi connectivity index (χ1n) is 9.82. The Hall–Kier alpha value is -3.62. The molecule has 1 N–H and O–H groups in total. The smallest absolute Gasteiger partial charge is 0.253 e. The van der Waals surface area contributed by atoms with Gasteiger partial charge in [-0.05, 0) is 38.0 Å². The van der Waals surface area contributed by atoms with Crippen LogP contribution in [0.1, 0.15) is 56.0 Å². The van der Waals surface area contributed by atoms with Gasteiger partial charge in [-0.1, -0.05) is 19.0 Å². The van der Waals surface area contributed by atoms with Gasteiger partial charge in [-0.15, -0.1) is 0 Å². The highest BCUT2D eigenvalue weighted by Crippen LogP contribution is 2.24. The predicted octanol–water partition coefficient (Wildman–Crippen LogP) is 3.58. The molecule has 4 heterocycles. The fourth-order valence-corrected chi connectivity index (χ4v) is 3.15. The molecule has 9 heteroatoms. The predicted molar refractivity (Wildman–Crippen MR) is 110 cm³/mol. The van der Waals surface area contributed by atoms with Crippen LogP contribution in [0.25, 0.3) is 22.4 Å². The Balaban J connectivity index is 1.57. The number of aromatic nitrogens is 6. The SMILES string of the molecule is CC(C)C(NC(=O)c1cnc2c(cnn2C(C)C)c1)c1nc(-c2cccnc2)no1. The Morgan fingerprint density at radius 1 is 1.17 bits per heavy atom. The summed E-state index contributed by atoms with van der Waals surface area (Å²) < 4.78 is 7.27. The molecule has 0 aliphatic heterocycles. The number of nitrogens with one attached hydrogen (secondary N) is 1. The summed E-state index contributed by atoms with van der Waals surface area (Å²) in [6.07, 6.45) is 6.62. The van der Waals surface area contributed by atoms with E-state index in [1.54, 1.807) is 36.9 Å². The first-order valence-corrected chi connectivity index (χ1v) is 9.82. The lowest BCUT2D eigenvalue weighted by molar-refractivity contribution is 0.0913. The number of fused-ring (bicyclic) bond motifs is 1. The normalized spacial score (nSPS) is 12.6. The summed E-state index contributed by atoms with van der Waals surface area (Å²) in [6.45, 7) is 8.03. The Morgan fingerprint density at radius 3 is 2.70 bits per heavy atom. The second kappa shape index (κ2) is 8.02. The van der Waals surface area contributed by atoms with Crippen molar-refractivity contribution in [2.75, 3.05) is 0 Å². The van der Waals surface area contributed by atoms with Crippen molar-refractivity contribution in [1.29, 1.82) is 0 Å². The molecule has 0 fully saturated rings. The van der Waals surface area contributed by atoms with Gasteiger partial charge in [-0.2, -0.15) is 10.1 Å². The van der Waals surface area contributed by atoms with Gasteiger partial charge in [-0.25, -0.2) is 9.67 Å². The Bertz CT molecular complexity index is 1160. The molecule has 154 valence electrons. The largest absolute Gasteiger partial charge is 0.340 e. The molecular weight excluding hydrogens is 382 g/mol. The maximum absolute atomic E-state index is 12.9. The summed E-state index contributed by atoms with van der Waals surface area (Å²) >= 11 is 0. The highest BCUT2D eigenvalue weighted by atomic mass is 16.5. The first kappa shape index (κ1) is 19.7. The number of carbonyl (C=O) groups excluding carboxylic acids is 1. The van der Waals surface area contributed by atoms with Gasteiger partial charge in [0.25, 0.3) is 5.91 Å². The van der Waals surface area contributed by atoms with Crippen LogP contribution in [-0.2, 0) is 0 Å². The first-order chi connectivity index (χ1) is 14.4. The molecule has 4 aromatic rings. The van der Waals surface area contributed by atoms with Crippen LogP contribution in [0.3, 0.4) is 0 Å². The number of hydrogen-bond acceptors (Lipinski definition) is 7. The molecule has 0 spiro atoms. The molecule has 30 heavy (non-hydrogen) atoms. The molecular formula is C21H23N7O2. The van der Waals surface area contributed by atoms with Gasteiger partial charge in [0, 0.05) is 35.6 Å². The van der Waals surface area contributed by atoms with Crippen molar-refractivity contribution in [2.45, 2.75) is 39.8 Å². The Morgan fingerprint density at radius 2 is 2.00 bits per heavy atom. The fourth-order valence-electron chi connectivity index (χ4n) is 3.15. The lowest BCUT2D eigenvalue weighted by Crippen LogP contribution is -2.32. The minimum atomic E-state index is -0.440. The maximum Gasteiger partial charge on any atom is 0.253 e. The number of pyridine rings is 2. The maximum atomic E-state index is 12.9. The third-order valence-electron chi connectivity index (χ3n) is 4.77. The molecule has 4 aromatic heterocycles. The van der Waals surface area contributed by atoms with Crippen molar-refractivity contribution < 1.29 is 9.32 Å². The molecule has 0 saturated carbocycles. The van der Waals surface area contributed by atoms with Crippen LogP contribution in [0.2, 0.25) is 0 Å². The highest BCUT2D eigenvalue weighted by molar-refractivity contribution is 5.97. The van der Waals surface area contributed by atoms with Crippen LogP contribution in [-0.4, -0.2) is 35.8 Å². The fraction of sp³-hybridized carbons (Fsp3) is 0.333. The monoisotopic (exact) mass is 405 g/mol. The Labute approximate surface area is 173 Å². The van der Waals surface area contributed by atoms with E-state index >= 15 is 0 Å². The van der Waals surface area contributed by atoms with Crippen LogP contribution >= 0.6 is 0 Å². The standard InChI is InChI=1S/C21H23N7O2/c1-12(2)17(21-26-18(27-30-21)14-6-5-7-22-9-14)25-20(29)16-8-15-11-24-28(13(3)4)19(15)23-10-16/h5-13,17H,1-4H3,(H,25,29). The van der Waals surface area contributed by atoms with Crippen molar-refractivity contribution in [2.24, 2.45) is 5.92 Å². The minimum absolute atomic E-state index is 0.0385. The summed E-state index contributed by atoms with van der Waals surface area (Å²) in [4.78, 5) is 25.9. The number of hydrogen-bond donors (Lipinski definition) is 1. The van der Waals surface area contributed by atoms with Gasteiger partial charge in [0.2, 0.25) is 11.7 Å². The Kier molecular flexibility index (Phi) is 5.26. The van der Waals surface area contributed by atoms with Crippen molar-refractivity contribution in [3.63, 3.8) is 0 Å². The average Bonchev–Trinajstić information content (AvgIpc) is 3.39. The molecule has 0 saturated heterocycles. The summed E-state index contributed by atoms with van der Waals surface area (Å²) in [5, 5.41) is 12.2. The quantitative estimate of drug-likeness (QED) is 0.522. The summed E-state index contributed by atoms with van der Waals surface area (Å²) in [5.41, 5.74) is 1.95. The van der Waals surface area contributed by atoms with Crippen molar-refractivity contribution >= 4 is 16.9 Å². The van der Waals surface area contributed by atoms with Gasteiger partial charge in [0.1, 0.15) is 6.04 Å². The zero-order valence-corrected chi connectivity index (χ0v) is 17.3. The van der Waals surface area contributed by atoms with E-state index in [-0.39, 0.29) is 17.9 Å². The van der Waals surface area contributed by atoms with E-state index in [0.29, 0.717) is 17.3 Å². The van der Waals surface area contributed by atoms with Crippen LogP contribution < -0.4 is 5.32 Å². The third-order valence-corrected chi connectivity index (χ3v) is 4.77. The summed E-state index contributed by atoms with van der Waals surface area (Å²) in [6, 6.07) is 5.19. The van der Waals surface area contributed by atoms with Crippen LogP contribution in [0.4, 0.5) is 0 Å². The van der Waals surface area contributed by atoms with Crippen LogP contribution in [0.5, 0.6) is 0 Å². The van der Waals surface area contributed by atoms with Gasteiger partial charge in [0.15, 0.2) is 5.65 Å². The van der Waals surface area contributed by atoms with E-state index in [9.17, 15) is 4.79 Å². The molecule has 0 radical (unpaired) electrons. The van der Waals surface area contributed by atoms with E-state index in [0.717, 1.165) is 16.6 Å². The molecule has 0 aliphatic rings. The second-order valence-corrected chi connectivity index (χ2v) is 7.71. The number of carbonyl (C=O) groups is 1.